The third kappa shape index (κ3) is 2.53. The van der Waals surface area contributed by atoms with Gasteiger partial charge in [0.15, 0.2) is 0 Å². The maximum Gasteiger partial charge on any atom is 0.150 e. The van der Waals surface area contributed by atoms with Crippen LogP contribution in [0.5, 0.6) is 5.75 Å². The van der Waals surface area contributed by atoms with Gasteiger partial charge in [-0.3, -0.25) is 0 Å². The van der Waals surface area contributed by atoms with Gasteiger partial charge in [-0.1, -0.05) is 6.07 Å². The number of anilines is 1. The number of methoxy groups -OCH3 is 1. The second-order valence-corrected chi connectivity index (χ2v) is 5.42. The number of aromatic nitrogens is 2. The standard InChI is InChI=1S/C15H15N3OS/c1-19-13-8-11(7-12(16)9-13)10-18-5-4-17-15(18)14-3-2-6-20-14/h2-9H,10,16H2,1H3. The van der Waals surface area contributed by atoms with E-state index in [1.54, 1.807) is 18.4 Å². The molecule has 102 valence electrons. The zero-order valence-corrected chi connectivity index (χ0v) is 11.9. The third-order valence-corrected chi connectivity index (χ3v) is 3.90. The fourth-order valence-electron chi connectivity index (χ4n) is 2.16. The van der Waals surface area contributed by atoms with Gasteiger partial charge < -0.3 is 15.0 Å². The van der Waals surface area contributed by atoms with Crippen LogP contribution in [-0.4, -0.2) is 16.7 Å². The largest absolute Gasteiger partial charge is 0.497 e. The van der Waals surface area contributed by atoms with E-state index in [0.717, 1.165) is 22.0 Å². The van der Waals surface area contributed by atoms with Gasteiger partial charge in [0.25, 0.3) is 0 Å². The van der Waals surface area contributed by atoms with Crippen LogP contribution < -0.4 is 10.5 Å². The topological polar surface area (TPSA) is 53.1 Å². The number of ether oxygens (including phenoxy) is 1. The predicted molar refractivity (Wildman–Crippen MR) is 82.0 cm³/mol. The monoisotopic (exact) mass is 285 g/mol. The van der Waals surface area contributed by atoms with Crippen molar-refractivity contribution in [2.24, 2.45) is 0 Å². The Hall–Kier alpha value is -2.27. The number of nitrogens with two attached hydrogens (primary N) is 1. The Morgan fingerprint density at radius 1 is 1.35 bits per heavy atom. The molecule has 3 rings (SSSR count). The van der Waals surface area contributed by atoms with Crippen molar-refractivity contribution < 1.29 is 4.74 Å². The van der Waals surface area contributed by atoms with Crippen molar-refractivity contribution in [3.8, 4) is 16.5 Å². The number of imidazole rings is 1. The molecule has 0 aliphatic carbocycles. The fourth-order valence-corrected chi connectivity index (χ4v) is 2.90. The minimum Gasteiger partial charge on any atom is -0.497 e. The molecule has 1 aromatic carbocycles. The van der Waals surface area contributed by atoms with E-state index in [2.05, 4.69) is 21.0 Å². The Balaban J connectivity index is 1.92. The maximum absolute atomic E-state index is 5.89. The highest BCUT2D eigenvalue weighted by molar-refractivity contribution is 7.13. The Bertz CT molecular complexity index is 704. The lowest BCUT2D eigenvalue weighted by atomic mass is 10.2. The summed E-state index contributed by atoms with van der Waals surface area (Å²) < 4.78 is 7.37. The third-order valence-electron chi connectivity index (χ3n) is 3.03. The summed E-state index contributed by atoms with van der Waals surface area (Å²) in [5.41, 5.74) is 7.69. The fraction of sp³-hybridized carbons (Fsp3) is 0.133. The van der Waals surface area contributed by atoms with Crippen molar-refractivity contribution in [3.63, 3.8) is 0 Å². The molecular weight excluding hydrogens is 270 g/mol. The number of benzene rings is 1. The van der Waals surface area contributed by atoms with Gasteiger partial charge in [-0.2, -0.15) is 0 Å². The van der Waals surface area contributed by atoms with Crippen molar-refractivity contribution in [3.05, 3.63) is 53.7 Å². The van der Waals surface area contributed by atoms with Crippen LogP contribution in [0.3, 0.4) is 0 Å². The van der Waals surface area contributed by atoms with Gasteiger partial charge in [0.2, 0.25) is 0 Å². The second-order valence-electron chi connectivity index (χ2n) is 4.47. The first-order valence-electron chi connectivity index (χ1n) is 6.24. The normalized spacial score (nSPS) is 10.7. The number of nitrogen functional groups attached to an aromatic ring is 1. The highest BCUT2D eigenvalue weighted by Crippen LogP contribution is 2.25. The average Bonchev–Trinajstić information content (AvgIpc) is 3.08. The van der Waals surface area contributed by atoms with Crippen LogP contribution in [0, 0.1) is 0 Å². The zero-order chi connectivity index (χ0) is 13.9. The summed E-state index contributed by atoms with van der Waals surface area (Å²) >= 11 is 1.68. The van der Waals surface area contributed by atoms with Gasteiger partial charge >= 0.3 is 0 Å². The van der Waals surface area contributed by atoms with Crippen molar-refractivity contribution >= 4 is 17.0 Å². The molecule has 0 saturated heterocycles. The molecule has 0 atom stereocenters. The maximum atomic E-state index is 5.89. The summed E-state index contributed by atoms with van der Waals surface area (Å²) in [5, 5.41) is 2.05. The van der Waals surface area contributed by atoms with Gasteiger partial charge in [0.1, 0.15) is 11.6 Å². The van der Waals surface area contributed by atoms with E-state index < -0.39 is 0 Å². The van der Waals surface area contributed by atoms with Crippen LogP contribution in [0.1, 0.15) is 5.56 Å². The van der Waals surface area contributed by atoms with Gasteiger partial charge in [-0.25, -0.2) is 4.98 Å². The van der Waals surface area contributed by atoms with Gasteiger partial charge in [-0.15, -0.1) is 11.3 Å². The summed E-state index contributed by atoms with van der Waals surface area (Å²) in [6.45, 7) is 0.717. The summed E-state index contributed by atoms with van der Waals surface area (Å²) in [6.07, 6.45) is 3.79. The minimum absolute atomic E-state index is 0.706. The minimum atomic E-state index is 0.706. The molecule has 0 spiro atoms. The summed E-state index contributed by atoms with van der Waals surface area (Å²) in [7, 11) is 1.65. The molecular formula is C15H15N3OS. The van der Waals surface area contributed by atoms with Gasteiger partial charge in [0, 0.05) is 30.7 Å². The molecule has 3 aromatic rings. The van der Waals surface area contributed by atoms with Crippen molar-refractivity contribution in [1.29, 1.82) is 0 Å². The molecule has 0 aliphatic rings. The molecule has 2 heterocycles. The number of thiophene rings is 1. The molecule has 2 aromatic heterocycles. The number of hydrogen-bond donors (Lipinski definition) is 1. The van der Waals surface area contributed by atoms with Crippen LogP contribution in [0.2, 0.25) is 0 Å². The van der Waals surface area contributed by atoms with Crippen LogP contribution in [0.4, 0.5) is 5.69 Å². The molecule has 0 aliphatic heterocycles. The molecule has 0 saturated carbocycles. The highest BCUT2D eigenvalue weighted by atomic mass is 32.1. The first kappa shape index (κ1) is 12.7. The van der Waals surface area contributed by atoms with E-state index in [9.17, 15) is 0 Å². The van der Waals surface area contributed by atoms with Crippen LogP contribution >= 0.6 is 11.3 Å². The second kappa shape index (κ2) is 5.38. The lowest BCUT2D eigenvalue weighted by molar-refractivity contribution is 0.414. The molecule has 0 radical (unpaired) electrons. The van der Waals surface area contributed by atoms with E-state index in [4.69, 9.17) is 10.5 Å². The smallest absolute Gasteiger partial charge is 0.150 e. The first-order valence-corrected chi connectivity index (χ1v) is 7.12. The lowest BCUT2D eigenvalue weighted by Crippen LogP contribution is -2.01. The first-order chi connectivity index (χ1) is 9.76. The van der Waals surface area contributed by atoms with Crippen LogP contribution in [0.25, 0.3) is 10.7 Å². The number of hydrogen-bond acceptors (Lipinski definition) is 4. The SMILES string of the molecule is COc1cc(N)cc(Cn2ccnc2-c2cccs2)c1. The summed E-state index contributed by atoms with van der Waals surface area (Å²) in [5.74, 6) is 1.75. The van der Waals surface area contributed by atoms with Gasteiger partial charge in [0.05, 0.1) is 12.0 Å². The molecule has 0 bridgehead atoms. The average molecular weight is 285 g/mol. The molecule has 0 fully saturated rings. The molecule has 0 unspecified atom stereocenters. The van der Waals surface area contributed by atoms with Crippen molar-refractivity contribution in [1.82, 2.24) is 9.55 Å². The Morgan fingerprint density at radius 2 is 2.25 bits per heavy atom. The van der Waals surface area contributed by atoms with Crippen molar-refractivity contribution in [2.75, 3.05) is 12.8 Å². The Kier molecular flexibility index (Phi) is 3.43. The highest BCUT2D eigenvalue weighted by Gasteiger charge is 2.08. The van der Waals surface area contributed by atoms with E-state index in [1.165, 1.54) is 0 Å². The predicted octanol–water partition coefficient (Wildman–Crippen LogP) is 3.25. The Morgan fingerprint density at radius 3 is 3.00 bits per heavy atom. The quantitative estimate of drug-likeness (QED) is 0.749. The van der Waals surface area contributed by atoms with Gasteiger partial charge in [-0.05, 0) is 29.1 Å². The number of rotatable bonds is 4. The van der Waals surface area contributed by atoms with E-state index in [0.29, 0.717) is 12.2 Å². The Labute approximate surface area is 121 Å². The van der Waals surface area contributed by atoms with Crippen LogP contribution in [-0.2, 0) is 6.54 Å². The summed E-state index contributed by atoms with van der Waals surface area (Å²) in [4.78, 5) is 5.59. The van der Waals surface area contributed by atoms with E-state index in [1.807, 2.05) is 36.7 Å². The number of nitrogens with zero attached hydrogens (tertiary/aromatic N) is 2. The molecule has 5 heteroatoms. The van der Waals surface area contributed by atoms with E-state index >= 15 is 0 Å². The van der Waals surface area contributed by atoms with E-state index in [-0.39, 0.29) is 0 Å². The van der Waals surface area contributed by atoms with Crippen molar-refractivity contribution in [2.45, 2.75) is 6.54 Å². The summed E-state index contributed by atoms with van der Waals surface area (Å²) in [6, 6.07) is 9.87. The molecule has 20 heavy (non-hydrogen) atoms. The lowest BCUT2D eigenvalue weighted by Gasteiger charge is -2.09. The zero-order valence-electron chi connectivity index (χ0n) is 11.1. The molecule has 4 nitrogen and oxygen atoms in total. The molecule has 0 amide bonds. The molecule has 2 N–H and O–H groups in total. The van der Waals surface area contributed by atoms with Crippen LogP contribution in [0.15, 0.2) is 48.1 Å².